The van der Waals surface area contributed by atoms with Crippen LogP contribution in [0.25, 0.3) is 0 Å². The van der Waals surface area contributed by atoms with Crippen molar-refractivity contribution in [3.63, 3.8) is 0 Å². The minimum Gasteiger partial charge on any atom is -0.293 e. The lowest BCUT2D eigenvalue weighted by atomic mass is 9.93. The number of nitrogens with zero attached hydrogens (tertiary/aromatic N) is 2. The Bertz CT molecular complexity index is 766. The average molecular weight is 292 g/mol. The molecule has 2 aromatic carbocycles. The highest BCUT2D eigenvalue weighted by atomic mass is 16.2. The van der Waals surface area contributed by atoms with Gasteiger partial charge in [-0.2, -0.15) is 10.1 Å². The number of carbonyl (C=O) groups is 2. The third-order valence-corrected chi connectivity index (χ3v) is 3.70. The van der Waals surface area contributed by atoms with Gasteiger partial charge in [-0.3, -0.25) is 9.59 Å². The smallest absolute Gasteiger partial charge is 0.264 e. The van der Waals surface area contributed by atoms with Gasteiger partial charge in [0.05, 0.1) is 11.4 Å². The summed E-state index contributed by atoms with van der Waals surface area (Å²) in [4.78, 5) is 25.3. The molecule has 0 saturated carbocycles. The lowest BCUT2D eigenvalue weighted by Gasteiger charge is -2.13. The molecule has 0 aromatic heterocycles. The molecule has 0 fully saturated rings. The number of anilines is 1. The van der Waals surface area contributed by atoms with Crippen LogP contribution in [0.3, 0.4) is 0 Å². The topological polar surface area (TPSA) is 49.7 Å². The van der Waals surface area contributed by atoms with Crippen LogP contribution in [0.2, 0.25) is 0 Å². The minimum absolute atomic E-state index is 0.201. The summed E-state index contributed by atoms with van der Waals surface area (Å²) in [5.41, 5.74) is 2.74. The number of hydrazone groups is 1. The zero-order valence-corrected chi connectivity index (χ0v) is 12.5. The van der Waals surface area contributed by atoms with Crippen molar-refractivity contribution in [2.45, 2.75) is 13.8 Å². The van der Waals surface area contributed by atoms with Gasteiger partial charge < -0.3 is 0 Å². The molecule has 1 aliphatic rings. The van der Waals surface area contributed by atoms with E-state index in [1.54, 1.807) is 31.2 Å². The van der Waals surface area contributed by atoms with Crippen molar-refractivity contribution in [3.05, 3.63) is 65.7 Å². The quantitative estimate of drug-likeness (QED) is 0.644. The van der Waals surface area contributed by atoms with Crippen molar-refractivity contribution in [2.24, 2.45) is 11.0 Å². The molecule has 0 N–H and O–H groups in total. The molecule has 1 unspecified atom stereocenters. The van der Waals surface area contributed by atoms with E-state index in [0.717, 1.165) is 5.56 Å². The largest absolute Gasteiger partial charge is 0.293 e. The van der Waals surface area contributed by atoms with Gasteiger partial charge in [-0.25, -0.2) is 0 Å². The summed E-state index contributed by atoms with van der Waals surface area (Å²) in [6.45, 7) is 3.64. The normalized spacial score (nSPS) is 17.5. The van der Waals surface area contributed by atoms with Crippen LogP contribution in [0.1, 0.15) is 22.8 Å². The predicted octanol–water partition coefficient (Wildman–Crippen LogP) is 3.22. The van der Waals surface area contributed by atoms with E-state index in [9.17, 15) is 9.59 Å². The second kappa shape index (κ2) is 5.56. The first kappa shape index (κ1) is 14.2. The molecule has 3 rings (SSSR count). The molecule has 1 aliphatic heterocycles. The van der Waals surface area contributed by atoms with Gasteiger partial charge in [0.2, 0.25) is 0 Å². The Morgan fingerprint density at radius 2 is 1.77 bits per heavy atom. The maximum absolute atomic E-state index is 12.7. The molecule has 1 amide bonds. The van der Waals surface area contributed by atoms with Crippen molar-refractivity contribution in [2.75, 3.05) is 5.01 Å². The molecule has 4 heteroatoms. The van der Waals surface area contributed by atoms with Gasteiger partial charge >= 0.3 is 0 Å². The van der Waals surface area contributed by atoms with Crippen LogP contribution in [0.15, 0.2) is 59.7 Å². The number of hydrogen-bond donors (Lipinski definition) is 0. The van der Waals surface area contributed by atoms with Crippen molar-refractivity contribution in [1.82, 2.24) is 0 Å². The number of ketones is 1. The highest BCUT2D eigenvalue weighted by molar-refractivity contribution is 6.30. The maximum Gasteiger partial charge on any atom is 0.264 e. The molecular formula is C18H16N2O2. The number of carbonyl (C=O) groups excluding carboxylic acids is 2. The van der Waals surface area contributed by atoms with Gasteiger partial charge in [-0.1, -0.05) is 42.0 Å². The Balaban J connectivity index is 1.92. The van der Waals surface area contributed by atoms with Crippen molar-refractivity contribution < 1.29 is 9.59 Å². The van der Waals surface area contributed by atoms with Gasteiger partial charge in [0, 0.05) is 5.56 Å². The van der Waals surface area contributed by atoms with Crippen LogP contribution in [-0.4, -0.2) is 17.4 Å². The molecule has 0 bridgehead atoms. The number of benzene rings is 2. The highest BCUT2D eigenvalue weighted by Gasteiger charge is 2.39. The number of aryl methyl sites for hydroxylation is 1. The molecule has 0 spiro atoms. The van der Waals surface area contributed by atoms with Crippen molar-refractivity contribution in [1.29, 1.82) is 0 Å². The molecule has 4 nitrogen and oxygen atoms in total. The summed E-state index contributed by atoms with van der Waals surface area (Å²) < 4.78 is 0. The highest BCUT2D eigenvalue weighted by Crippen LogP contribution is 2.26. The van der Waals surface area contributed by atoms with Crippen LogP contribution in [0.4, 0.5) is 5.69 Å². The summed E-state index contributed by atoms with van der Waals surface area (Å²) in [6, 6.07) is 16.4. The van der Waals surface area contributed by atoms with E-state index in [1.807, 2.05) is 37.3 Å². The second-order valence-electron chi connectivity index (χ2n) is 5.39. The summed E-state index contributed by atoms with van der Waals surface area (Å²) in [6.07, 6.45) is 0. The Kier molecular flexibility index (Phi) is 3.59. The Labute approximate surface area is 129 Å². The first-order chi connectivity index (χ1) is 10.6. The fourth-order valence-corrected chi connectivity index (χ4v) is 2.59. The Morgan fingerprint density at radius 1 is 1.05 bits per heavy atom. The molecule has 22 heavy (non-hydrogen) atoms. The standard InChI is InChI=1S/C18H16N2O2/c1-12-7-6-8-14(11-12)17(21)16-13(2)19-20(18(16)22)15-9-4-3-5-10-15/h3-11,16H,1-2H3. The first-order valence-corrected chi connectivity index (χ1v) is 7.13. The third kappa shape index (κ3) is 2.44. The first-order valence-electron chi connectivity index (χ1n) is 7.13. The number of Topliss-reactive ketones (excluding diaryl/α,β-unsaturated/α-hetero) is 1. The molecule has 0 aliphatic carbocycles. The van der Waals surface area contributed by atoms with E-state index in [1.165, 1.54) is 5.01 Å². The zero-order valence-electron chi connectivity index (χ0n) is 12.5. The van der Waals surface area contributed by atoms with Gasteiger partial charge in [-0.15, -0.1) is 0 Å². The molecule has 0 radical (unpaired) electrons. The molecule has 0 saturated heterocycles. The summed E-state index contributed by atoms with van der Waals surface area (Å²) >= 11 is 0. The van der Waals surface area contributed by atoms with Crippen LogP contribution < -0.4 is 5.01 Å². The maximum atomic E-state index is 12.7. The Hall–Kier alpha value is -2.75. The van der Waals surface area contributed by atoms with Crippen LogP contribution in [-0.2, 0) is 4.79 Å². The van der Waals surface area contributed by atoms with E-state index in [0.29, 0.717) is 17.0 Å². The van der Waals surface area contributed by atoms with E-state index in [-0.39, 0.29) is 11.7 Å². The van der Waals surface area contributed by atoms with Gasteiger partial charge in [0.25, 0.3) is 5.91 Å². The van der Waals surface area contributed by atoms with Crippen LogP contribution in [0.5, 0.6) is 0 Å². The molecule has 1 heterocycles. The zero-order chi connectivity index (χ0) is 15.7. The fourth-order valence-electron chi connectivity index (χ4n) is 2.59. The van der Waals surface area contributed by atoms with E-state index in [2.05, 4.69) is 5.10 Å². The van der Waals surface area contributed by atoms with Gasteiger partial charge in [0.1, 0.15) is 5.92 Å². The minimum atomic E-state index is -0.831. The summed E-state index contributed by atoms with van der Waals surface area (Å²) in [7, 11) is 0. The molecule has 1 atom stereocenters. The number of hydrogen-bond acceptors (Lipinski definition) is 3. The molecule has 110 valence electrons. The lowest BCUT2D eigenvalue weighted by molar-refractivity contribution is -0.118. The van der Waals surface area contributed by atoms with E-state index in [4.69, 9.17) is 0 Å². The average Bonchev–Trinajstić information content (AvgIpc) is 2.82. The van der Waals surface area contributed by atoms with E-state index < -0.39 is 5.92 Å². The molecular weight excluding hydrogens is 276 g/mol. The Morgan fingerprint density at radius 3 is 2.45 bits per heavy atom. The summed E-state index contributed by atoms with van der Waals surface area (Å²) in [5.74, 6) is -1.33. The molecule has 2 aromatic rings. The van der Waals surface area contributed by atoms with Crippen LogP contribution >= 0.6 is 0 Å². The third-order valence-electron chi connectivity index (χ3n) is 3.70. The van der Waals surface area contributed by atoms with Gasteiger partial charge in [-0.05, 0) is 32.0 Å². The van der Waals surface area contributed by atoms with Crippen LogP contribution in [0, 0.1) is 12.8 Å². The van der Waals surface area contributed by atoms with Gasteiger partial charge in [0.15, 0.2) is 5.78 Å². The number of rotatable bonds is 3. The lowest BCUT2D eigenvalue weighted by Crippen LogP contribution is -2.32. The van der Waals surface area contributed by atoms with E-state index >= 15 is 0 Å². The van der Waals surface area contributed by atoms with Crippen molar-refractivity contribution in [3.8, 4) is 0 Å². The van der Waals surface area contributed by atoms with Crippen molar-refractivity contribution >= 4 is 23.1 Å². The monoisotopic (exact) mass is 292 g/mol. The number of para-hydroxylation sites is 1. The predicted molar refractivity (Wildman–Crippen MR) is 86.0 cm³/mol. The SMILES string of the molecule is CC1=NN(c2ccccc2)C(=O)C1C(=O)c1cccc(C)c1. The fraction of sp³-hybridized carbons (Fsp3) is 0.167. The summed E-state index contributed by atoms with van der Waals surface area (Å²) in [5, 5.41) is 5.58. The number of amides is 1. The second-order valence-corrected chi connectivity index (χ2v) is 5.39.